The van der Waals surface area contributed by atoms with Gasteiger partial charge < -0.3 is 4.90 Å². The van der Waals surface area contributed by atoms with Gasteiger partial charge in [-0.2, -0.15) is 5.10 Å². The fourth-order valence-corrected chi connectivity index (χ4v) is 3.49. The maximum Gasteiger partial charge on any atom is 0.203 e. The minimum Gasteiger partial charge on any atom is -0.302 e. The number of rotatable bonds is 9. The van der Waals surface area contributed by atoms with Crippen molar-refractivity contribution in [1.82, 2.24) is 9.88 Å². The predicted molar refractivity (Wildman–Crippen MR) is 116 cm³/mol. The van der Waals surface area contributed by atoms with Gasteiger partial charge in [-0.25, -0.2) is 4.98 Å². The van der Waals surface area contributed by atoms with E-state index in [2.05, 4.69) is 70.8 Å². The van der Waals surface area contributed by atoms with E-state index in [9.17, 15) is 0 Å². The Bertz CT molecular complexity index is 858. The summed E-state index contributed by atoms with van der Waals surface area (Å²) in [5.74, 6) is 0. The van der Waals surface area contributed by atoms with Gasteiger partial charge in [0, 0.05) is 17.5 Å². The highest BCUT2D eigenvalue weighted by atomic mass is 32.1. The molecule has 1 aromatic heterocycles. The summed E-state index contributed by atoms with van der Waals surface area (Å²) in [7, 11) is 2.17. The topological polar surface area (TPSA) is 40.5 Å². The van der Waals surface area contributed by atoms with Crippen LogP contribution in [-0.2, 0) is 6.54 Å². The highest BCUT2D eigenvalue weighted by Gasteiger charge is 2.03. The molecule has 0 aliphatic heterocycles. The number of unbranched alkanes of at least 4 members (excludes halogenated alkanes) is 1. The lowest BCUT2D eigenvalue weighted by molar-refractivity contribution is 0.321. The van der Waals surface area contributed by atoms with Crippen molar-refractivity contribution in [2.75, 3.05) is 19.0 Å². The van der Waals surface area contributed by atoms with Crippen molar-refractivity contribution in [3.8, 4) is 11.3 Å². The first kappa shape index (κ1) is 19.3. The van der Waals surface area contributed by atoms with Gasteiger partial charge in [0.25, 0.3) is 0 Å². The zero-order valence-corrected chi connectivity index (χ0v) is 16.7. The lowest BCUT2D eigenvalue weighted by atomic mass is 10.1. The maximum atomic E-state index is 4.58. The molecule has 0 spiro atoms. The minimum atomic E-state index is 0.792. The Hall–Kier alpha value is -2.50. The summed E-state index contributed by atoms with van der Waals surface area (Å²) in [6.07, 6.45) is 4.31. The average Bonchev–Trinajstić information content (AvgIpc) is 3.16. The second-order valence-corrected chi connectivity index (χ2v) is 7.47. The molecule has 0 bridgehead atoms. The molecular weight excluding hydrogens is 352 g/mol. The van der Waals surface area contributed by atoms with Crippen molar-refractivity contribution in [2.24, 2.45) is 5.10 Å². The zero-order chi connectivity index (χ0) is 18.9. The number of nitrogens with one attached hydrogen (secondary N) is 1. The van der Waals surface area contributed by atoms with Crippen LogP contribution in [-0.4, -0.2) is 29.7 Å². The van der Waals surface area contributed by atoms with Crippen LogP contribution in [0.15, 0.2) is 65.1 Å². The van der Waals surface area contributed by atoms with Gasteiger partial charge in [-0.05, 0) is 37.2 Å². The monoisotopic (exact) mass is 378 g/mol. The van der Waals surface area contributed by atoms with Gasteiger partial charge in [0.2, 0.25) is 5.13 Å². The molecule has 1 N–H and O–H groups in total. The van der Waals surface area contributed by atoms with E-state index < -0.39 is 0 Å². The second-order valence-electron chi connectivity index (χ2n) is 6.61. The molecule has 0 saturated carbocycles. The molecule has 2 aromatic carbocycles. The molecule has 4 nitrogen and oxygen atoms in total. The third kappa shape index (κ3) is 6.01. The van der Waals surface area contributed by atoms with Crippen LogP contribution in [0.4, 0.5) is 5.13 Å². The van der Waals surface area contributed by atoms with Crippen molar-refractivity contribution in [1.29, 1.82) is 0 Å². The number of benzene rings is 2. The molecule has 0 aliphatic carbocycles. The largest absolute Gasteiger partial charge is 0.302 e. The second kappa shape index (κ2) is 10.00. The summed E-state index contributed by atoms with van der Waals surface area (Å²) >= 11 is 1.56. The fraction of sp³-hybridized carbons (Fsp3) is 0.273. The van der Waals surface area contributed by atoms with Crippen molar-refractivity contribution in [3.63, 3.8) is 0 Å². The van der Waals surface area contributed by atoms with Gasteiger partial charge in [0.15, 0.2) is 0 Å². The van der Waals surface area contributed by atoms with Gasteiger partial charge >= 0.3 is 0 Å². The van der Waals surface area contributed by atoms with E-state index in [0.29, 0.717) is 0 Å². The van der Waals surface area contributed by atoms with Crippen LogP contribution in [0, 0.1) is 0 Å². The first-order chi connectivity index (χ1) is 13.2. The molecule has 0 atom stereocenters. The van der Waals surface area contributed by atoms with Crippen LogP contribution < -0.4 is 5.43 Å². The molecule has 0 aliphatic rings. The first-order valence-electron chi connectivity index (χ1n) is 9.32. The maximum absolute atomic E-state index is 4.58. The number of thiazole rings is 1. The fourth-order valence-electron chi connectivity index (χ4n) is 2.82. The molecular formula is C22H26N4S. The van der Waals surface area contributed by atoms with Crippen molar-refractivity contribution < 1.29 is 0 Å². The summed E-state index contributed by atoms with van der Waals surface area (Å²) in [4.78, 5) is 6.94. The minimum absolute atomic E-state index is 0.792. The smallest absolute Gasteiger partial charge is 0.203 e. The third-order valence-corrected chi connectivity index (χ3v) is 4.99. The molecule has 3 aromatic rings. The number of hydrogen-bond acceptors (Lipinski definition) is 5. The van der Waals surface area contributed by atoms with E-state index in [1.807, 2.05) is 29.8 Å². The molecule has 0 saturated heterocycles. The molecule has 3 rings (SSSR count). The highest BCUT2D eigenvalue weighted by molar-refractivity contribution is 7.14. The van der Waals surface area contributed by atoms with Crippen LogP contribution in [0.2, 0.25) is 0 Å². The van der Waals surface area contributed by atoms with Crippen molar-refractivity contribution >= 4 is 22.7 Å². The van der Waals surface area contributed by atoms with Gasteiger partial charge in [0.1, 0.15) is 0 Å². The van der Waals surface area contributed by atoms with Crippen LogP contribution in [0.1, 0.15) is 30.9 Å². The summed E-state index contributed by atoms with van der Waals surface area (Å²) < 4.78 is 0. The molecule has 1 heterocycles. The quantitative estimate of drug-likeness (QED) is 0.395. The molecule has 0 fully saturated rings. The Balaban J connectivity index is 1.57. The normalized spacial score (nSPS) is 11.4. The van der Waals surface area contributed by atoms with Crippen LogP contribution in [0.5, 0.6) is 0 Å². The molecule has 0 amide bonds. The number of nitrogens with zero attached hydrogens (tertiary/aromatic N) is 3. The third-order valence-electron chi connectivity index (χ3n) is 4.24. The van der Waals surface area contributed by atoms with Crippen LogP contribution in [0.3, 0.4) is 0 Å². The van der Waals surface area contributed by atoms with E-state index in [-0.39, 0.29) is 0 Å². The van der Waals surface area contributed by atoms with Crippen molar-refractivity contribution in [2.45, 2.75) is 26.3 Å². The predicted octanol–water partition coefficient (Wildman–Crippen LogP) is 5.49. The lowest BCUT2D eigenvalue weighted by Crippen LogP contribution is -2.18. The van der Waals surface area contributed by atoms with E-state index >= 15 is 0 Å². The Morgan fingerprint density at radius 3 is 2.81 bits per heavy atom. The Kier molecular flexibility index (Phi) is 7.13. The summed E-state index contributed by atoms with van der Waals surface area (Å²) in [6.45, 7) is 4.31. The van der Waals surface area contributed by atoms with Crippen molar-refractivity contribution in [3.05, 3.63) is 71.1 Å². The van der Waals surface area contributed by atoms with E-state index in [0.717, 1.165) is 35.0 Å². The van der Waals surface area contributed by atoms with Crippen LogP contribution in [0.25, 0.3) is 11.3 Å². The molecule has 5 heteroatoms. The van der Waals surface area contributed by atoms with E-state index in [1.165, 1.54) is 18.4 Å². The standard InChI is InChI=1S/C22H26N4S/c1-3-4-13-26(2)16-19-10-8-9-18(14-19)15-23-25-22-24-21(17-27-22)20-11-6-5-7-12-20/h5-12,14-15,17H,3-4,13,16H2,1-2H3,(H,24,25). The van der Waals surface area contributed by atoms with Crippen LogP contribution >= 0.6 is 11.3 Å². The molecule has 0 radical (unpaired) electrons. The van der Waals surface area contributed by atoms with Gasteiger partial charge in [0.05, 0.1) is 11.9 Å². The first-order valence-corrected chi connectivity index (χ1v) is 10.2. The zero-order valence-electron chi connectivity index (χ0n) is 15.9. The van der Waals surface area contributed by atoms with Gasteiger partial charge in [-0.15, -0.1) is 11.3 Å². The number of hydrogen-bond donors (Lipinski definition) is 1. The van der Waals surface area contributed by atoms with E-state index in [1.54, 1.807) is 11.3 Å². The number of hydrazone groups is 1. The number of aromatic nitrogens is 1. The lowest BCUT2D eigenvalue weighted by Gasteiger charge is -2.16. The Labute approximate surface area is 165 Å². The van der Waals surface area contributed by atoms with Gasteiger partial charge in [-0.1, -0.05) is 61.9 Å². The SMILES string of the molecule is CCCCN(C)Cc1cccc(C=NNc2nc(-c3ccccc3)cs2)c1. The summed E-state index contributed by atoms with van der Waals surface area (Å²) in [5, 5.41) is 7.18. The Morgan fingerprint density at radius 2 is 2.00 bits per heavy atom. The number of anilines is 1. The highest BCUT2D eigenvalue weighted by Crippen LogP contribution is 2.24. The summed E-state index contributed by atoms with van der Waals surface area (Å²) in [5.41, 5.74) is 7.51. The van der Waals surface area contributed by atoms with Gasteiger partial charge in [-0.3, -0.25) is 5.43 Å². The van der Waals surface area contributed by atoms with E-state index in [4.69, 9.17) is 0 Å². The molecule has 140 valence electrons. The average molecular weight is 379 g/mol. The molecule has 27 heavy (non-hydrogen) atoms. The molecule has 0 unspecified atom stereocenters. The Morgan fingerprint density at radius 1 is 1.15 bits per heavy atom. The summed E-state index contributed by atoms with van der Waals surface area (Å²) in [6, 6.07) is 18.7.